The maximum atomic E-state index is 12.3. The number of rotatable bonds is 3. The third kappa shape index (κ3) is 2.75. The molecule has 3 heterocycles. The van der Waals surface area contributed by atoms with E-state index in [-0.39, 0.29) is 11.8 Å². The monoisotopic (exact) mass is 328 g/mol. The Kier molecular flexibility index (Phi) is 3.83. The molecule has 1 aliphatic rings. The minimum atomic E-state index is -0.231. The molecule has 1 atom stereocenters. The van der Waals surface area contributed by atoms with Crippen LogP contribution in [0.4, 0.5) is 0 Å². The van der Waals surface area contributed by atoms with Gasteiger partial charge >= 0.3 is 5.76 Å². The first kappa shape index (κ1) is 14.7. The molecule has 0 radical (unpaired) electrons. The van der Waals surface area contributed by atoms with Crippen LogP contribution in [-0.2, 0) is 6.54 Å². The van der Waals surface area contributed by atoms with E-state index < -0.39 is 0 Å². The molecule has 1 aromatic carbocycles. The summed E-state index contributed by atoms with van der Waals surface area (Å²) in [4.78, 5) is 16.2. The average molecular weight is 328 g/mol. The van der Waals surface area contributed by atoms with Gasteiger partial charge in [0.25, 0.3) is 0 Å². The number of para-hydroxylation sites is 2. The number of nitrogens with zero attached hydrogens (tertiary/aromatic N) is 2. The topological polar surface area (TPSA) is 38.4 Å². The summed E-state index contributed by atoms with van der Waals surface area (Å²) in [6.45, 7) is 5.14. The second-order valence-corrected chi connectivity index (χ2v) is 7.26. The van der Waals surface area contributed by atoms with Crippen LogP contribution >= 0.6 is 11.3 Å². The van der Waals surface area contributed by atoms with Crippen LogP contribution in [0.5, 0.6) is 0 Å². The summed E-state index contributed by atoms with van der Waals surface area (Å²) < 4.78 is 7.25. The number of hydrogen-bond donors (Lipinski definition) is 0. The molecule has 1 aliphatic heterocycles. The molecule has 2 aromatic heterocycles. The van der Waals surface area contributed by atoms with Crippen molar-refractivity contribution in [2.24, 2.45) is 0 Å². The van der Waals surface area contributed by atoms with Gasteiger partial charge in [0.1, 0.15) is 0 Å². The molecular formula is C18H20N2O2S. The molecule has 3 aromatic rings. The largest absolute Gasteiger partial charge is 0.420 e. The second kappa shape index (κ2) is 5.98. The van der Waals surface area contributed by atoms with E-state index in [1.165, 1.54) is 10.4 Å². The molecule has 0 bridgehead atoms. The molecular weight excluding hydrogens is 308 g/mol. The number of piperidine rings is 1. The number of aryl methyl sites for hydroxylation is 1. The van der Waals surface area contributed by atoms with E-state index in [0.29, 0.717) is 5.58 Å². The smallest absolute Gasteiger partial charge is 0.408 e. The number of hydrogen-bond acceptors (Lipinski definition) is 4. The van der Waals surface area contributed by atoms with E-state index in [0.717, 1.165) is 38.0 Å². The van der Waals surface area contributed by atoms with Gasteiger partial charge in [-0.15, -0.1) is 11.3 Å². The molecule has 120 valence electrons. The number of benzene rings is 1. The van der Waals surface area contributed by atoms with Crippen LogP contribution < -0.4 is 5.76 Å². The van der Waals surface area contributed by atoms with Crippen LogP contribution in [0.1, 0.15) is 29.3 Å². The molecule has 4 nitrogen and oxygen atoms in total. The Labute approximate surface area is 139 Å². The number of thiophene rings is 1. The molecule has 0 spiro atoms. The third-order valence-corrected chi connectivity index (χ3v) is 5.71. The van der Waals surface area contributed by atoms with Crippen molar-refractivity contribution in [3.63, 3.8) is 0 Å². The Morgan fingerprint density at radius 2 is 2.17 bits per heavy atom. The van der Waals surface area contributed by atoms with E-state index in [1.54, 1.807) is 0 Å². The predicted octanol–water partition coefficient (Wildman–Crippen LogP) is 3.80. The summed E-state index contributed by atoms with van der Waals surface area (Å²) in [6.07, 6.45) is 2.14. The van der Waals surface area contributed by atoms with Gasteiger partial charge in [-0.3, -0.25) is 9.47 Å². The fourth-order valence-electron chi connectivity index (χ4n) is 3.48. The summed E-state index contributed by atoms with van der Waals surface area (Å²) in [6, 6.07) is 10.1. The lowest BCUT2D eigenvalue weighted by atomic mass is 10.0. The van der Waals surface area contributed by atoms with Gasteiger partial charge < -0.3 is 4.42 Å². The summed E-state index contributed by atoms with van der Waals surface area (Å²) in [5.74, 6) is -0.231. The lowest BCUT2D eigenvalue weighted by molar-refractivity contribution is 0.169. The summed E-state index contributed by atoms with van der Waals surface area (Å²) >= 11 is 1.82. The van der Waals surface area contributed by atoms with Gasteiger partial charge in [-0.1, -0.05) is 12.1 Å². The lowest BCUT2D eigenvalue weighted by Crippen LogP contribution is -2.38. The Morgan fingerprint density at radius 3 is 3.00 bits per heavy atom. The van der Waals surface area contributed by atoms with Crippen molar-refractivity contribution in [1.82, 2.24) is 9.47 Å². The fourth-order valence-corrected chi connectivity index (χ4v) is 4.43. The first-order valence-corrected chi connectivity index (χ1v) is 8.96. The van der Waals surface area contributed by atoms with E-state index in [1.807, 2.05) is 40.2 Å². The van der Waals surface area contributed by atoms with E-state index in [4.69, 9.17) is 4.42 Å². The molecule has 23 heavy (non-hydrogen) atoms. The highest BCUT2D eigenvalue weighted by Gasteiger charge is 2.25. The van der Waals surface area contributed by atoms with Gasteiger partial charge in [-0.05, 0) is 55.5 Å². The molecule has 0 unspecified atom stereocenters. The zero-order chi connectivity index (χ0) is 15.8. The van der Waals surface area contributed by atoms with Crippen LogP contribution in [-0.4, -0.2) is 22.6 Å². The van der Waals surface area contributed by atoms with E-state index >= 15 is 0 Å². The van der Waals surface area contributed by atoms with Crippen LogP contribution in [0.3, 0.4) is 0 Å². The van der Waals surface area contributed by atoms with Crippen LogP contribution in [0.2, 0.25) is 0 Å². The molecule has 1 fully saturated rings. The van der Waals surface area contributed by atoms with Crippen molar-refractivity contribution in [3.8, 4) is 0 Å². The quantitative estimate of drug-likeness (QED) is 0.734. The van der Waals surface area contributed by atoms with Crippen molar-refractivity contribution in [2.75, 3.05) is 13.1 Å². The maximum absolute atomic E-state index is 12.3. The molecule has 0 N–H and O–H groups in total. The van der Waals surface area contributed by atoms with Gasteiger partial charge in [0, 0.05) is 18.0 Å². The van der Waals surface area contributed by atoms with E-state index in [9.17, 15) is 4.79 Å². The standard InChI is InChI=1S/C18H20N2O2S/c1-13-8-10-23-17(13)12-19-9-4-5-14(11-19)20-15-6-2-3-7-16(15)22-18(20)21/h2-3,6-8,10,14H,4-5,9,11-12H2,1H3/t14-/m0/s1. The van der Waals surface area contributed by atoms with Crippen molar-refractivity contribution < 1.29 is 4.42 Å². The highest BCUT2D eigenvalue weighted by Crippen LogP contribution is 2.27. The second-order valence-electron chi connectivity index (χ2n) is 6.26. The van der Waals surface area contributed by atoms with Gasteiger partial charge in [-0.25, -0.2) is 4.79 Å². The van der Waals surface area contributed by atoms with Crippen LogP contribution in [0.15, 0.2) is 44.9 Å². The number of aromatic nitrogens is 1. The molecule has 5 heteroatoms. The molecule has 4 rings (SSSR count). The first-order chi connectivity index (χ1) is 11.2. The molecule has 0 saturated carbocycles. The summed E-state index contributed by atoms with van der Waals surface area (Å²) in [5, 5.41) is 2.15. The molecule has 0 aliphatic carbocycles. The van der Waals surface area contributed by atoms with E-state index in [2.05, 4.69) is 23.3 Å². The fraction of sp³-hybridized carbons (Fsp3) is 0.389. The van der Waals surface area contributed by atoms with Crippen molar-refractivity contribution >= 4 is 22.4 Å². The van der Waals surface area contributed by atoms with Crippen molar-refractivity contribution in [1.29, 1.82) is 0 Å². The first-order valence-electron chi connectivity index (χ1n) is 8.08. The highest BCUT2D eigenvalue weighted by atomic mass is 32.1. The average Bonchev–Trinajstić information content (AvgIpc) is 3.10. The van der Waals surface area contributed by atoms with Crippen molar-refractivity contribution in [2.45, 2.75) is 32.4 Å². The van der Waals surface area contributed by atoms with Crippen LogP contribution in [0.25, 0.3) is 11.1 Å². The third-order valence-electron chi connectivity index (χ3n) is 4.70. The Hall–Kier alpha value is -1.85. The number of fused-ring (bicyclic) bond motifs is 1. The van der Waals surface area contributed by atoms with Gasteiger partial charge in [-0.2, -0.15) is 0 Å². The normalized spacial score (nSPS) is 19.4. The Morgan fingerprint density at radius 1 is 1.30 bits per heavy atom. The molecule has 0 amide bonds. The zero-order valence-corrected chi connectivity index (χ0v) is 14.0. The molecule has 1 saturated heterocycles. The highest BCUT2D eigenvalue weighted by molar-refractivity contribution is 7.10. The minimum absolute atomic E-state index is 0.195. The SMILES string of the molecule is Cc1ccsc1CN1CCC[C@H](n2c(=O)oc3ccccc32)C1. The number of oxazole rings is 1. The van der Waals surface area contributed by atoms with Crippen molar-refractivity contribution in [3.05, 3.63) is 56.7 Å². The summed E-state index contributed by atoms with van der Waals surface area (Å²) in [7, 11) is 0. The van der Waals surface area contributed by atoms with Gasteiger partial charge in [0.2, 0.25) is 0 Å². The Balaban J connectivity index is 1.60. The van der Waals surface area contributed by atoms with Crippen LogP contribution in [0, 0.1) is 6.92 Å². The maximum Gasteiger partial charge on any atom is 0.420 e. The van der Waals surface area contributed by atoms with Gasteiger partial charge in [0.15, 0.2) is 5.58 Å². The van der Waals surface area contributed by atoms with Gasteiger partial charge in [0.05, 0.1) is 11.6 Å². The Bertz CT molecular complexity index is 876. The minimum Gasteiger partial charge on any atom is -0.408 e. The summed E-state index contributed by atoms with van der Waals surface area (Å²) in [5.41, 5.74) is 2.96. The predicted molar refractivity (Wildman–Crippen MR) is 93.1 cm³/mol. The lowest BCUT2D eigenvalue weighted by Gasteiger charge is -2.32. The number of likely N-dealkylation sites (tertiary alicyclic amines) is 1. The zero-order valence-electron chi connectivity index (χ0n) is 13.2.